The summed E-state index contributed by atoms with van der Waals surface area (Å²) in [6.45, 7) is 1.90. The molecule has 1 saturated heterocycles. The number of carbonyl (C=O) groups excluding carboxylic acids is 1. The molecule has 4 nitrogen and oxygen atoms in total. The fraction of sp³-hybridized carbons (Fsp3) is 0.429. The Morgan fingerprint density at radius 1 is 1.55 bits per heavy atom. The van der Waals surface area contributed by atoms with Crippen molar-refractivity contribution in [3.8, 4) is 9.88 Å². The first-order valence-electron chi connectivity index (χ1n) is 6.68. The minimum Gasteiger partial charge on any atom is -0.341 e. The monoisotopic (exact) mass is 307 g/mol. The summed E-state index contributed by atoms with van der Waals surface area (Å²) in [5.74, 6) is 0.154. The van der Waals surface area contributed by atoms with Crippen LogP contribution in [0.25, 0.3) is 9.88 Å². The van der Waals surface area contributed by atoms with Crippen molar-refractivity contribution in [2.24, 2.45) is 0 Å². The Morgan fingerprint density at radius 3 is 3.15 bits per heavy atom. The number of thiophene rings is 1. The molecular formula is C14H17N3OS2. The molecule has 1 fully saturated rings. The summed E-state index contributed by atoms with van der Waals surface area (Å²) in [5.41, 5.74) is 0.876. The van der Waals surface area contributed by atoms with Crippen LogP contribution in [0.4, 0.5) is 0 Å². The third kappa shape index (κ3) is 2.92. The van der Waals surface area contributed by atoms with Gasteiger partial charge in [0.05, 0.1) is 17.0 Å². The predicted molar refractivity (Wildman–Crippen MR) is 83.2 cm³/mol. The summed E-state index contributed by atoms with van der Waals surface area (Å²) in [7, 11) is 1.90. The number of nitrogens with zero attached hydrogens (tertiary/aromatic N) is 2. The second kappa shape index (κ2) is 6.03. The van der Waals surface area contributed by atoms with Crippen molar-refractivity contribution in [2.45, 2.75) is 18.9 Å². The normalized spacial score (nSPS) is 18.4. The Bertz CT molecular complexity index is 573. The number of carbonyl (C=O) groups is 1. The van der Waals surface area contributed by atoms with E-state index in [4.69, 9.17) is 0 Å². The molecule has 0 radical (unpaired) electrons. The van der Waals surface area contributed by atoms with Gasteiger partial charge in [0.2, 0.25) is 5.91 Å². The molecule has 2 aromatic rings. The van der Waals surface area contributed by atoms with Crippen LogP contribution in [0.15, 0.2) is 22.9 Å². The van der Waals surface area contributed by atoms with Gasteiger partial charge in [-0.3, -0.25) is 4.79 Å². The predicted octanol–water partition coefficient (Wildman–Crippen LogP) is 2.23. The molecule has 0 spiro atoms. The van der Waals surface area contributed by atoms with E-state index < -0.39 is 0 Å². The average molecular weight is 307 g/mol. The highest BCUT2D eigenvalue weighted by molar-refractivity contribution is 7.20. The Kier molecular flexibility index (Phi) is 4.14. The van der Waals surface area contributed by atoms with Crippen LogP contribution in [-0.2, 0) is 11.2 Å². The Balaban J connectivity index is 1.64. The van der Waals surface area contributed by atoms with Gasteiger partial charge in [-0.25, -0.2) is 4.98 Å². The van der Waals surface area contributed by atoms with E-state index in [1.54, 1.807) is 22.7 Å². The first kappa shape index (κ1) is 13.7. The van der Waals surface area contributed by atoms with E-state index in [0.29, 0.717) is 12.5 Å². The van der Waals surface area contributed by atoms with Crippen molar-refractivity contribution in [2.75, 3.05) is 20.1 Å². The zero-order valence-electron chi connectivity index (χ0n) is 11.3. The summed E-state index contributed by atoms with van der Waals surface area (Å²) in [5, 5.41) is 8.33. The van der Waals surface area contributed by atoms with Crippen LogP contribution < -0.4 is 5.32 Å². The van der Waals surface area contributed by atoms with Crippen molar-refractivity contribution in [3.63, 3.8) is 0 Å². The van der Waals surface area contributed by atoms with E-state index >= 15 is 0 Å². The lowest BCUT2D eigenvalue weighted by Gasteiger charge is -2.23. The number of aromatic nitrogens is 1. The number of likely N-dealkylation sites (N-methyl/N-ethyl adjacent to an activating group) is 1. The Morgan fingerprint density at radius 2 is 2.45 bits per heavy atom. The van der Waals surface area contributed by atoms with Gasteiger partial charge in [0.25, 0.3) is 0 Å². The second-order valence-corrected chi connectivity index (χ2v) is 6.76. The van der Waals surface area contributed by atoms with E-state index in [1.807, 2.05) is 28.8 Å². The molecule has 106 valence electrons. The van der Waals surface area contributed by atoms with E-state index in [2.05, 4.69) is 16.4 Å². The van der Waals surface area contributed by atoms with Crippen molar-refractivity contribution in [3.05, 3.63) is 28.6 Å². The van der Waals surface area contributed by atoms with Crippen LogP contribution in [0, 0.1) is 0 Å². The minimum atomic E-state index is 0.154. The molecule has 6 heteroatoms. The molecule has 1 atom stereocenters. The van der Waals surface area contributed by atoms with Gasteiger partial charge >= 0.3 is 0 Å². The minimum absolute atomic E-state index is 0.154. The number of thiazole rings is 1. The van der Waals surface area contributed by atoms with Crippen LogP contribution >= 0.6 is 22.7 Å². The molecule has 0 bridgehead atoms. The Labute approximate surface area is 126 Å². The third-order valence-electron chi connectivity index (χ3n) is 3.59. The molecular weight excluding hydrogens is 290 g/mol. The number of hydrogen-bond acceptors (Lipinski definition) is 5. The van der Waals surface area contributed by atoms with Gasteiger partial charge in [0, 0.05) is 25.0 Å². The highest BCUT2D eigenvalue weighted by Gasteiger charge is 2.23. The summed E-state index contributed by atoms with van der Waals surface area (Å²) in [6.07, 6.45) is 1.44. The van der Waals surface area contributed by atoms with Crippen LogP contribution in [0.3, 0.4) is 0 Å². The van der Waals surface area contributed by atoms with Crippen LogP contribution in [-0.4, -0.2) is 42.0 Å². The van der Waals surface area contributed by atoms with E-state index in [9.17, 15) is 4.79 Å². The standard InChI is InChI=1S/C14H17N3OS2/c1-17(11-4-5-15-8-11)13(18)7-10-9-20-14(16-10)12-3-2-6-19-12/h2-3,6,9,11,15H,4-5,7-8H2,1H3. The molecule has 1 amide bonds. The van der Waals surface area contributed by atoms with E-state index in [-0.39, 0.29) is 5.91 Å². The average Bonchev–Trinajstić information content (AvgIpc) is 3.19. The first-order chi connectivity index (χ1) is 9.74. The van der Waals surface area contributed by atoms with Crippen molar-refractivity contribution < 1.29 is 4.79 Å². The van der Waals surface area contributed by atoms with E-state index in [0.717, 1.165) is 30.2 Å². The third-order valence-corrected chi connectivity index (χ3v) is 5.52. The lowest BCUT2D eigenvalue weighted by atomic mass is 10.2. The summed E-state index contributed by atoms with van der Waals surface area (Å²) in [4.78, 5) is 19.9. The summed E-state index contributed by atoms with van der Waals surface area (Å²) >= 11 is 3.29. The zero-order chi connectivity index (χ0) is 13.9. The summed E-state index contributed by atoms with van der Waals surface area (Å²) in [6, 6.07) is 4.41. The quantitative estimate of drug-likeness (QED) is 0.942. The van der Waals surface area contributed by atoms with Gasteiger partial charge in [-0.2, -0.15) is 0 Å². The van der Waals surface area contributed by atoms with E-state index in [1.165, 1.54) is 4.88 Å². The maximum atomic E-state index is 12.3. The lowest BCUT2D eigenvalue weighted by molar-refractivity contribution is -0.130. The highest BCUT2D eigenvalue weighted by Crippen LogP contribution is 2.28. The van der Waals surface area contributed by atoms with Gasteiger partial charge in [-0.05, 0) is 24.4 Å². The molecule has 0 saturated carbocycles. The smallest absolute Gasteiger partial charge is 0.228 e. The molecule has 1 unspecified atom stereocenters. The Hall–Kier alpha value is -1.24. The molecule has 3 heterocycles. The molecule has 0 aliphatic carbocycles. The highest BCUT2D eigenvalue weighted by atomic mass is 32.1. The molecule has 3 rings (SSSR count). The molecule has 1 N–H and O–H groups in total. The zero-order valence-corrected chi connectivity index (χ0v) is 13.0. The molecule has 2 aromatic heterocycles. The number of nitrogens with one attached hydrogen (secondary N) is 1. The van der Waals surface area contributed by atoms with Gasteiger partial charge in [-0.1, -0.05) is 6.07 Å². The molecule has 1 aliphatic rings. The van der Waals surface area contributed by atoms with Crippen LogP contribution in [0.2, 0.25) is 0 Å². The number of hydrogen-bond donors (Lipinski definition) is 1. The topological polar surface area (TPSA) is 45.2 Å². The van der Waals surface area contributed by atoms with Gasteiger partial charge in [-0.15, -0.1) is 22.7 Å². The van der Waals surface area contributed by atoms with Gasteiger partial charge in [0.1, 0.15) is 5.01 Å². The number of rotatable bonds is 4. The van der Waals surface area contributed by atoms with Crippen molar-refractivity contribution >= 4 is 28.6 Å². The fourth-order valence-electron chi connectivity index (χ4n) is 2.35. The lowest BCUT2D eigenvalue weighted by Crippen LogP contribution is -2.39. The van der Waals surface area contributed by atoms with Gasteiger partial charge < -0.3 is 10.2 Å². The first-order valence-corrected chi connectivity index (χ1v) is 8.44. The largest absolute Gasteiger partial charge is 0.341 e. The van der Waals surface area contributed by atoms with Crippen LogP contribution in [0.1, 0.15) is 12.1 Å². The molecule has 20 heavy (non-hydrogen) atoms. The molecule has 1 aliphatic heterocycles. The van der Waals surface area contributed by atoms with Crippen molar-refractivity contribution in [1.29, 1.82) is 0 Å². The SMILES string of the molecule is CN(C(=O)Cc1csc(-c2cccs2)n1)C1CCNC1. The molecule has 0 aromatic carbocycles. The second-order valence-electron chi connectivity index (χ2n) is 4.95. The van der Waals surface area contributed by atoms with Gasteiger partial charge in [0.15, 0.2) is 0 Å². The maximum absolute atomic E-state index is 12.3. The fourth-order valence-corrected chi connectivity index (χ4v) is 3.99. The van der Waals surface area contributed by atoms with Crippen LogP contribution in [0.5, 0.6) is 0 Å². The maximum Gasteiger partial charge on any atom is 0.228 e. The van der Waals surface area contributed by atoms with Crippen molar-refractivity contribution in [1.82, 2.24) is 15.2 Å². The number of amides is 1. The summed E-state index contributed by atoms with van der Waals surface area (Å²) < 4.78 is 0.